The van der Waals surface area contributed by atoms with Gasteiger partial charge >= 0.3 is 0 Å². The number of hydrogen-bond donors (Lipinski definition) is 1. The minimum atomic E-state index is 0.858. The van der Waals surface area contributed by atoms with Crippen LogP contribution in [0.4, 0.5) is 0 Å². The SMILES string of the molecule is C=C(CN1CCC(CNC)CC1)c1ccccc1. The lowest BCUT2D eigenvalue weighted by Gasteiger charge is -2.32. The molecule has 0 saturated carbocycles. The number of benzene rings is 1. The number of piperidine rings is 1. The van der Waals surface area contributed by atoms with Crippen molar-refractivity contribution < 1.29 is 0 Å². The van der Waals surface area contributed by atoms with Gasteiger partial charge in [-0.1, -0.05) is 36.9 Å². The lowest BCUT2D eigenvalue weighted by atomic mass is 9.96. The Labute approximate surface area is 111 Å². The third kappa shape index (κ3) is 3.69. The van der Waals surface area contributed by atoms with Crippen molar-refractivity contribution in [3.8, 4) is 0 Å². The summed E-state index contributed by atoms with van der Waals surface area (Å²) < 4.78 is 0. The van der Waals surface area contributed by atoms with Gasteiger partial charge in [0.25, 0.3) is 0 Å². The minimum Gasteiger partial charge on any atom is -0.319 e. The van der Waals surface area contributed by atoms with E-state index >= 15 is 0 Å². The van der Waals surface area contributed by atoms with Gasteiger partial charge in [0.05, 0.1) is 0 Å². The summed E-state index contributed by atoms with van der Waals surface area (Å²) in [7, 11) is 2.05. The second-order valence-corrected chi connectivity index (χ2v) is 5.25. The molecule has 0 aromatic heterocycles. The molecule has 2 nitrogen and oxygen atoms in total. The molecule has 0 atom stereocenters. The van der Waals surface area contributed by atoms with E-state index in [1.54, 1.807) is 0 Å². The number of hydrogen-bond acceptors (Lipinski definition) is 2. The van der Waals surface area contributed by atoms with E-state index in [0.717, 1.165) is 19.0 Å². The summed E-state index contributed by atoms with van der Waals surface area (Å²) in [6.45, 7) is 8.80. The van der Waals surface area contributed by atoms with Crippen molar-refractivity contribution in [2.45, 2.75) is 12.8 Å². The van der Waals surface area contributed by atoms with Crippen LogP contribution in [-0.4, -0.2) is 38.1 Å². The van der Waals surface area contributed by atoms with E-state index in [0.29, 0.717) is 0 Å². The zero-order valence-electron chi connectivity index (χ0n) is 11.4. The van der Waals surface area contributed by atoms with Crippen LogP contribution in [0, 0.1) is 5.92 Å². The first kappa shape index (κ1) is 13.3. The molecular weight excluding hydrogens is 220 g/mol. The third-order valence-electron chi connectivity index (χ3n) is 3.80. The van der Waals surface area contributed by atoms with Crippen molar-refractivity contribution in [1.82, 2.24) is 10.2 Å². The van der Waals surface area contributed by atoms with Crippen molar-refractivity contribution >= 4 is 5.57 Å². The fraction of sp³-hybridized carbons (Fsp3) is 0.500. The Hall–Kier alpha value is -1.12. The molecule has 18 heavy (non-hydrogen) atoms. The van der Waals surface area contributed by atoms with E-state index in [4.69, 9.17) is 0 Å². The standard InChI is InChI=1S/C16H24N2/c1-14(16-6-4-3-5-7-16)13-18-10-8-15(9-11-18)12-17-2/h3-7,15,17H,1,8-13H2,2H3. The van der Waals surface area contributed by atoms with E-state index in [-0.39, 0.29) is 0 Å². The smallest absolute Gasteiger partial charge is 0.0233 e. The van der Waals surface area contributed by atoms with Gasteiger partial charge in [-0.15, -0.1) is 0 Å². The normalized spacial score (nSPS) is 17.8. The first-order chi connectivity index (χ1) is 8.79. The summed E-state index contributed by atoms with van der Waals surface area (Å²) in [6.07, 6.45) is 2.62. The van der Waals surface area contributed by atoms with Crippen molar-refractivity contribution in [2.75, 3.05) is 33.2 Å². The molecule has 2 heteroatoms. The Kier molecular flexibility index (Phi) is 4.97. The molecule has 0 radical (unpaired) electrons. The fourth-order valence-electron chi connectivity index (χ4n) is 2.67. The highest BCUT2D eigenvalue weighted by Crippen LogP contribution is 2.19. The highest BCUT2D eigenvalue weighted by atomic mass is 15.1. The molecule has 1 heterocycles. The maximum absolute atomic E-state index is 4.22. The van der Waals surface area contributed by atoms with Gasteiger partial charge in [-0.25, -0.2) is 0 Å². The van der Waals surface area contributed by atoms with E-state index in [9.17, 15) is 0 Å². The molecule has 1 saturated heterocycles. The van der Waals surface area contributed by atoms with Crippen molar-refractivity contribution in [2.24, 2.45) is 5.92 Å². The number of nitrogens with zero attached hydrogens (tertiary/aromatic N) is 1. The van der Waals surface area contributed by atoms with Gasteiger partial charge in [-0.3, -0.25) is 4.90 Å². The van der Waals surface area contributed by atoms with Gasteiger partial charge in [0.1, 0.15) is 0 Å². The van der Waals surface area contributed by atoms with Crippen LogP contribution < -0.4 is 5.32 Å². The van der Waals surface area contributed by atoms with Gasteiger partial charge in [-0.05, 0) is 56.6 Å². The highest BCUT2D eigenvalue weighted by molar-refractivity contribution is 5.64. The van der Waals surface area contributed by atoms with Crippen LogP contribution in [0.2, 0.25) is 0 Å². The predicted octanol–water partition coefficient (Wildman–Crippen LogP) is 2.63. The zero-order chi connectivity index (χ0) is 12.8. The molecule has 0 aliphatic carbocycles. The topological polar surface area (TPSA) is 15.3 Å². The molecule has 98 valence electrons. The summed E-state index contributed by atoms with van der Waals surface area (Å²) in [6, 6.07) is 10.5. The van der Waals surface area contributed by atoms with E-state index < -0.39 is 0 Å². The molecule has 0 amide bonds. The highest BCUT2D eigenvalue weighted by Gasteiger charge is 2.18. The van der Waals surface area contributed by atoms with Crippen molar-refractivity contribution in [3.05, 3.63) is 42.5 Å². The van der Waals surface area contributed by atoms with Gasteiger partial charge in [0.2, 0.25) is 0 Å². The minimum absolute atomic E-state index is 0.858. The first-order valence-electron chi connectivity index (χ1n) is 6.89. The number of rotatable bonds is 5. The monoisotopic (exact) mass is 244 g/mol. The van der Waals surface area contributed by atoms with Gasteiger partial charge in [0.15, 0.2) is 0 Å². The Bertz CT molecular complexity index is 364. The van der Waals surface area contributed by atoms with Crippen molar-refractivity contribution in [3.63, 3.8) is 0 Å². The average molecular weight is 244 g/mol. The molecule has 0 spiro atoms. The number of nitrogens with one attached hydrogen (secondary N) is 1. The summed E-state index contributed by atoms with van der Waals surface area (Å²) >= 11 is 0. The molecule has 1 fully saturated rings. The van der Waals surface area contributed by atoms with E-state index in [1.165, 1.54) is 37.1 Å². The summed E-state index contributed by atoms with van der Waals surface area (Å²) in [5.41, 5.74) is 2.51. The third-order valence-corrected chi connectivity index (χ3v) is 3.80. The van der Waals surface area contributed by atoms with Crippen LogP contribution in [-0.2, 0) is 0 Å². The molecule has 1 aliphatic rings. The molecule has 0 unspecified atom stereocenters. The second-order valence-electron chi connectivity index (χ2n) is 5.25. The molecule has 1 aromatic carbocycles. The Morgan fingerprint density at radius 1 is 1.28 bits per heavy atom. The molecule has 2 rings (SSSR count). The van der Waals surface area contributed by atoms with E-state index in [1.807, 2.05) is 7.05 Å². The maximum Gasteiger partial charge on any atom is 0.0233 e. The van der Waals surface area contributed by atoms with Gasteiger partial charge in [-0.2, -0.15) is 0 Å². The summed E-state index contributed by atoms with van der Waals surface area (Å²) in [5.74, 6) is 0.858. The average Bonchev–Trinajstić information content (AvgIpc) is 2.42. The van der Waals surface area contributed by atoms with Crippen LogP contribution in [0.5, 0.6) is 0 Å². The van der Waals surface area contributed by atoms with Gasteiger partial charge in [0, 0.05) is 6.54 Å². The number of likely N-dealkylation sites (tertiary alicyclic amines) is 1. The fourth-order valence-corrected chi connectivity index (χ4v) is 2.67. The Balaban J connectivity index is 1.80. The molecule has 1 N–H and O–H groups in total. The van der Waals surface area contributed by atoms with Crippen LogP contribution in [0.25, 0.3) is 5.57 Å². The van der Waals surface area contributed by atoms with E-state index in [2.05, 4.69) is 47.1 Å². The second kappa shape index (κ2) is 6.72. The lowest BCUT2D eigenvalue weighted by molar-refractivity contribution is 0.202. The van der Waals surface area contributed by atoms with Crippen LogP contribution >= 0.6 is 0 Å². The molecule has 1 aromatic rings. The van der Waals surface area contributed by atoms with Crippen molar-refractivity contribution in [1.29, 1.82) is 0 Å². The quantitative estimate of drug-likeness (QED) is 0.856. The molecule has 1 aliphatic heterocycles. The lowest BCUT2D eigenvalue weighted by Crippen LogP contribution is -2.37. The largest absolute Gasteiger partial charge is 0.319 e. The Morgan fingerprint density at radius 3 is 2.56 bits per heavy atom. The van der Waals surface area contributed by atoms with Gasteiger partial charge < -0.3 is 5.32 Å². The zero-order valence-corrected chi connectivity index (χ0v) is 11.4. The predicted molar refractivity (Wildman–Crippen MR) is 78.6 cm³/mol. The maximum atomic E-state index is 4.22. The van der Waals surface area contributed by atoms with Crippen LogP contribution in [0.1, 0.15) is 18.4 Å². The summed E-state index contributed by atoms with van der Waals surface area (Å²) in [4.78, 5) is 2.53. The molecule has 0 bridgehead atoms. The Morgan fingerprint density at radius 2 is 1.94 bits per heavy atom. The molecular formula is C16H24N2. The van der Waals surface area contributed by atoms with Crippen LogP contribution in [0.3, 0.4) is 0 Å². The van der Waals surface area contributed by atoms with Crippen LogP contribution in [0.15, 0.2) is 36.9 Å². The summed E-state index contributed by atoms with van der Waals surface area (Å²) in [5, 5.41) is 3.28. The first-order valence-corrected chi connectivity index (χ1v) is 6.89.